The smallest absolute Gasteiger partial charge is 0.264 e. The quantitative estimate of drug-likeness (QED) is 0.700. The van der Waals surface area contributed by atoms with E-state index in [1.54, 1.807) is 0 Å². The van der Waals surface area contributed by atoms with Gasteiger partial charge in [0, 0.05) is 25.0 Å². The lowest BCUT2D eigenvalue weighted by Crippen LogP contribution is -2.60. The summed E-state index contributed by atoms with van der Waals surface area (Å²) in [6.45, 7) is 1.15. The number of aliphatic hydroxyl groups is 1. The molecule has 1 aromatic carbocycles. The minimum absolute atomic E-state index is 0.111. The van der Waals surface area contributed by atoms with E-state index in [4.69, 9.17) is 14.2 Å². The number of fused-ring (bicyclic) bond motifs is 2. The molecule has 8 heteroatoms. The summed E-state index contributed by atoms with van der Waals surface area (Å²) in [5.74, 6) is 1.22. The van der Waals surface area contributed by atoms with E-state index in [1.807, 2.05) is 47.5 Å². The average molecular weight is 397 g/mol. The van der Waals surface area contributed by atoms with E-state index in [0.29, 0.717) is 37.6 Å². The Bertz CT molecular complexity index is 917. The van der Waals surface area contributed by atoms with Gasteiger partial charge in [0.05, 0.1) is 23.5 Å². The Balaban J connectivity index is 1.41. The van der Waals surface area contributed by atoms with Crippen molar-refractivity contribution in [3.63, 3.8) is 0 Å². The van der Waals surface area contributed by atoms with E-state index in [0.717, 1.165) is 17.0 Å². The van der Waals surface area contributed by atoms with Gasteiger partial charge in [0.15, 0.2) is 17.7 Å². The molecule has 5 rings (SSSR count). The molecule has 8 nitrogen and oxygen atoms in total. The maximum atomic E-state index is 13.2. The fraction of sp³-hybridized carbons (Fsp3) is 0.381. The molecule has 1 saturated heterocycles. The van der Waals surface area contributed by atoms with Crippen LogP contribution in [0.5, 0.6) is 11.5 Å². The molecule has 1 aromatic rings. The van der Waals surface area contributed by atoms with Crippen LogP contribution in [0.25, 0.3) is 5.70 Å². The number of rotatable bonds is 4. The standard InChI is InChI=1S/C21H23N3O5/c25-12-21(6-9-27-10-7-21)23-20(26)19-22-18(15-3-1-2-8-24(15)19)14-4-5-16-17(11-14)29-13-28-16/h1-5,8,11,19,22,25H,6-7,9-10,12-13H2,(H,23,26). The number of carbonyl (C=O) groups excluding carboxylic acids is 1. The SMILES string of the molecule is O=C(NC1(CO)CCOCC1)C1NC(c2ccc3c(c2)OCO3)=C2C=CC=CN21. The van der Waals surface area contributed by atoms with Crippen LogP contribution < -0.4 is 20.1 Å². The Labute approximate surface area is 168 Å². The number of allylic oxidation sites excluding steroid dienone is 3. The van der Waals surface area contributed by atoms with Crippen LogP contribution in [0.15, 0.2) is 48.3 Å². The second kappa shape index (κ2) is 7.13. The van der Waals surface area contributed by atoms with Crippen LogP contribution >= 0.6 is 0 Å². The highest BCUT2D eigenvalue weighted by Crippen LogP contribution is 2.37. The third-order valence-corrected chi connectivity index (χ3v) is 5.76. The van der Waals surface area contributed by atoms with Crippen molar-refractivity contribution < 1.29 is 24.1 Å². The van der Waals surface area contributed by atoms with Crippen LogP contribution in [0, 0.1) is 0 Å². The largest absolute Gasteiger partial charge is 0.454 e. The van der Waals surface area contributed by atoms with Gasteiger partial charge in [-0.15, -0.1) is 0 Å². The molecule has 1 atom stereocenters. The number of carbonyl (C=O) groups is 1. The third kappa shape index (κ3) is 3.14. The number of nitrogens with one attached hydrogen (secondary N) is 2. The zero-order valence-corrected chi connectivity index (χ0v) is 15.9. The van der Waals surface area contributed by atoms with Crippen molar-refractivity contribution in [2.24, 2.45) is 0 Å². The monoisotopic (exact) mass is 397 g/mol. The van der Waals surface area contributed by atoms with Crippen molar-refractivity contribution in [2.45, 2.75) is 24.5 Å². The van der Waals surface area contributed by atoms with Crippen LogP contribution in [0.3, 0.4) is 0 Å². The van der Waals surface area contributed by atoms with E-state index < -0.39 is 11.7 Å². The molecule has 29 heavy (non-hydrogen) atoms. The molecule has 1 amide bonds. The summed E-state index contributed by atoms with van der Waals surface area (Å²) in [5.41, 5.74) is 2.01. The summed E-state index contributed by atoms with van der Waals surface area (Å²) < 4.78 is 16.3. The number of benzene rings is 1. The Morgan fingerprint density at radius 3 is 2.90 bits per heavy atom. The number of ether oxygens (including phenoxy) is 3. The highest BCUT2D eigenvalue weighted by molar-refractivity contribution is 5.88. The molecule has 0 bridgehead atoms. The molecule has 4 aliphatic rings. The lowest BCUT2D eigenvalue weighted by atomic mass is 9.91. The van der Waals surface area contributed by atoms with Gasteiger partial charge in [0.2, 0.25) is 6.79 Å². The Hall–Kier alpha value is -2.97. The van der Waals surface area contributed by atoms with Gasteiger partial charge in [-0.05, 0) is 43.2 Å². The predicted octanol–water partition coefficient (Wildman–Crippen LogP) is 1.06. The van der Waals surface area contributed by atoms with Gasteiger partial charge >= 0.3 is 0 Å². The lowest BCUT2D eigenvalue weighted by molar-refractivity contribution is -0.129. The molecular formula is C21H23N3O5. The van der Waals surface area contributed by atoms with Crippen molar-refractivity contribution >= 4 is 11.6 Å². The van der Waals surface area contributed by atoms with Gasteiger partial charge in [-0.1, -0.05) is 6.08 Å². The van der Waals surface area contributed by atoms with Gasteiger partial charge in [0.25, 0.3) is 5.91 Å². The molecular weight excluding hydrogens is 374 g/mol. The molecule has 152 valence electrons. The summed E-state index contributed by atoms with van der Waals surface area (Å²) in [6, 6.07) is 5.73. The molecule has 0 aliphatic carbocycles. The van der Waals surface area contributed by atoms with E-state index in [-0.39, 0.29) is 19.3 Å². The molecule has 0 saturated carbocycles. The second-order valence-corrected chi connectivity index (χ2v) is 7.52. The first-order valence-corrected chi connectivity index (χ1v) is 9.74. The Kier molecular flexibility index (Phi) is 4.44. The number of hydrogen-bond acceptors (Lipinski definition) is 7. The minimum Gasteiger partial charge on any atom is -0.454 e. The summed E-state index contributed by atoms with van der Waals surface area (Å²) in [4.78, 5) is 15.1. The normalized spacial score (nSPS) is 23.8. The molecule has 3 N–H and O–H groups in total. The third-order valence-electron chi connectivity index (χ3n) is 5.76. The van der Waals surface area contributed by atoms with Crippen molar-refractivity contribution in [2.75, 3.05) is 26.6 Å². The number of amides is 1. The van der Waals surface area contributed by atoms with Crippen molar-refractivity contribution in [3.8, 4) is 11.5 Å². The summed E-state index contributed by atoms with van der Waals surface area (Å²) >= 11 is 0. The molecule has 4 aliphatic heterocycles. The zero-order chi connectivity index (χ0) is 19.8. The van der Waals surface area contributed by atoms with Crippen LogP contribution in [-0.2, 0) is 9.53 Å². The first kappa shape index (κ1) is 18.1. The fourth-order valence-corrected chi connectivity index (χ4v) is 4.06. The maximum Gasteiger partial charge on any atom is 0.264 e. The minimum atomic E-state index is -0.645. The molecule has 0 radical (unpaired) electrons. The van der Waals surface area contributed by atoms with Gasteiger partial charge in [0.1, 0.15) is 0 Å². The average Bonchev–Trinajstić information content (AvgIpc) is 3.38. The topological polar surface area (TPSA) is 92.3 Å². The Morgan fingerprint density at radius 1 is 1.24 bits per heavy atom. The summed E-state index contributed by atoms with van der Waals surface area (Å²) in [7, 11) is 0. The molecule has 0 aromatic heterocycles. The second-order valence-electron chi connectivity index (χ2n) is 7.52. The molecule has 1 fully saturated rings. The van der Waals surface area contributed by atoms with Crippen LogP contribution in [-0.4, -0.2) is 54.2 Å². The summed E-state index contributed by atoms with van der Waals surface area (Å²) in [6.07, 6.45) is 8.25. The fourth-order valence-electron chi connectivity index (χ4n) is 4.06. The van der Waals surface area contributed by atoms with Crippen molar-refractivity contribution in [1.29, 1.82) is 0 Å². The first-order chi connectivity index (χ1) is 14.2. The van der Waals surface area contributed by atoms with E-state index >= 15 is 0 Å². The van der Waals surface area contributed by atoms with Crippen LogP contribution in [0.1, 0.15) is 18.4 Å². The van der Waals surface area contributed by atoms with E-state index in [9.17, 15) is 9.90 Å². The van der Waals surface area contributed by atoms with Gasteiger partial charge in [-0.2, -0.15) is 0 Å². The highest BCUT2D eigenvalue weighted by atomic mass is 16.7. The Morgan fingerprint density at radius 2 is 2.07 bits per heavy atom. The van der Waals surface area contributed by atoms with Gasteiger partial charge in [-0.3, -0.25) is 4.79 Å². The molecule has 1 unspecified atom stereocenters. The van der Waals surface area contributed by atoms with E-state index in [1.165, 1.54) is 0 Å². The number of hydrogen-bond donors (Lipinski definition) is 3. The highest BCUT2D eigenvalue weighted by Gasteiger charge is 2.40. The maximum absolute atomic E-state index is 13.2. The molecule has 0 spiro atoms. The number of nitrogens with zero attached hydrogens (tertiary/aromatic N) is 1. The first-order valence-electron chi connectivity index (χ1n) is 9.74. The molecule has 4 heterocycles. The van der Waals surface area contributed by atoms with Crippen molar-refractivity contribution in [3.05, 3.63) is 53.9 Å². The summed E-state index contributed by atoms with van der Waals surface area (Å²) in [5, 5.41) is 16.3. The lowest BCUT2D eigenvalue weighted by Gasteiger charge is -2.38. The van der Waals surface area contributed by atoms with Gasteiger partial charge < -0.3 is 34.9 Å². The predicted molar refractivity (Wildman–Crippen MR) is 105 cm³/mol. The van der Waals surface area contributed by atoms with Gasteiger partial charge in [-0.25, -0.2) is 0 Å². The number of aliphatic hydroxyl groups excluding tert-OH is 1. The zero-order valence-electron chi connectivity index (χ0n) is 15.9. The van der Waals surface area contributed by atoms with E-state index in [2.05, 4.69) is 10.6 Å². The van der Waals surface area contributed by atoms with Crippen molar-refractivity contribution in [1.82, 2.24) is 15.5 Å². The van der Waals surface area contributed by atoms with Crippen LogP contribution in [0.2, 0.25) is 0 Å². The van der Waals surface area contributed by atoms with Crippen LogP contribution in [0.4, 0.5) is 0 Å².